The van der Waals surface area contributed by atoms with Crippen LogP contribution in [0.5, 0.6) is 0 Å². The van der Waals surface area contributed by atoms with E-state index in [0.717, 1.165) is 32.4 Å². The number of carbonyl (C=O) groups is 1. The molecule has 0 aliphatic carbocycles. The summed E-state index contributed by atoms with van der Waals surface area (Å²) in [6.07, 6.45) is 21.5. The fourth-order valence-corrected chi connectivity index (χ4v) is 3.06. The molecular formula is C21H44N4O. The lowest BCUT2D eigenvalue weighted by molar-refractivity contribution is -0.121. The van der Waals surface area contributed by atoms with E-state index in [4.69, 9.17) is 5.84 Å². The zero-order valence-electron chi connectivity index (χ0n) is 17.2. The predicted octanol–water partition coefficient (Wildman–Crippen LogP) is 4.86. The molecule has 0 saturated carbocycles. The van der Waals surface area contributed by atoms with Crippen molar-refractivity contribution in [2.24, 2.45) is 10.8 Å². The molecule has 154 valence electrons. The van der Waals surface area contributed by atoms with E-state index in [-0.39, 0.29) is 5.91 Å². The summed E-state index contributed by atoms with van der Waals surface area (Å²) in [6.45, 7) is 3.77. The Balaban J connectivity index is 3.15. The third-order valence-electron chi connectivity index (χ3n) is 4.71. The smallest absolute Gasteiger partial charge is 0.219 e. The Morgan fingerprint density at radius 3 is 1.88 bits per heavy atom. The third-order valence-corrected chi connectivity index (χ3v) is 4.71. The third kappa shape index (κ3) is 20.9. The van der Waals surface area contributed by atoms with E-state index in [9.17, 15) is 4.79 Å². The fraction of sp³-hybridized carbons (Fsp3) is 0.905. The number of nitrogens with one attached hydrogen (secondary N) is 2. The molecule has 26 heavy (non-hydrogen) atoms. The molecule has 0 aromatic carbocycles. The van der Waals surface area contributed by atoms with Gasteiger partial charge >= 0.3 is 0 Å². The molecule has 0 atom stereocenters. The monoisotopic (exact) mass is 368 g/mol. The second kappa shape index (κ2) is 21.9. The van der Waals surface area contributed by atoms with Crippen LogP contribution in [-0.2, 0) is 4.79 Å². The minimum Gasteiger partial charge on any atom is -0.356 e. The zero-order chi connectivity index (χ0) is 19.1. The Kier molecular flexibility index (Phi) is 21.0. The predicted molar refractivity (Wildman–Crippen MR) is 113 cm³/mol. The number of unbranched alkanes of at least 4 members (excludes halogenated alkanes) is 13. The first-order chi connectivity index (χ1) is 12.8. The molecular weight excluding hydrogens is 324 g/mol. The van der Waals surface area contributed by atoms with E-state index in [2.05, 4.69) is 22.7 Å². The number of hydrogen-bond donors (Lipinski definition) is 3. The maximum absolute atomic E-state index is 11.7. The average molecular weight is 369 g/mol. The summed E-state index contributed by atoms with van der Waals surface area (Å²) in [5, 5.41) is 2.99. The van der Waals surface area contributed by atoms with Crippen LogP contribution in [-0.4, -0.2) is 25.3 Å². The second-order valence-electron chi connectivity index (χ2n) is 7.25. The first kappa shape index (κ1) is 24.9. The summed E-state index contributed by atoms with van der Waals surface area (Å²) in [7, 11) is 0. The molecule has 0 radical (unpaired) electrons. The van der Waals surface area contributed by atoms with Gasteiger partial charge in [0.15, 0.2) is 0 Å². The van der Waals surface area contributed by atoms with Gasteiger partial charge in [0.25, 0.3) is 0 Å². The average Bonchev–Trinajstić information content (AvgIpc) is 2.64. The van der Waals surface area contributed by atoms with Crippen molar-refractivity contribution >= 4 is 12.2 Å². The summed E-state index contributed by atoms with van der Waals surface area (Å²) in [6, 6.07) is 0. The molecule has 0 bridgehead atoms. The van der Waals surface area contributed by atoms with Crippen molar-refractivity contribution in [2.45, 2.75) is 110 Å². The highest BCUT2D eigenvalue weighted by atomic mass is 16.1. The molecule has 0 saturated heterocycles. The van der Waals surface area contributed by atoms with Gasteiger partial charge in [0, 0.05) is 19.5 Å². The Morgan fingerprint density at radius 2 is 1.35 bits per heavy atom. The van der Waals surface area contributed by atoms with E-state index < -0.39 is 0 Å². The van der Waals surface area contributed by atoms with Crippen LogP contribution < -0.4 is 16.6 Å². The molecule has 0 aliphatic heterocycles. The van der Waals surface area contributed by atoms with Crippen molar-refractivity contribution in [3.63, 3.8) is 0 Å². The summed E-state index contributed by atoms with van der Waals surface area (Å²) in [5.74, 6) is 5.27. The van der Waals surface area contributed by atoms with Crippen molar-refractivity contribution < 1.29 is 4.79 Å². The minimum absolute atomic E-state index is 0.195. The van der Waals surface area contributed by atoms with Gasteiger partial charge in [-0.25, -0.2) is 5.84 Å². The maximum Gasteiger partial charge on any atom is 0.219 e. The highest BCUT2D eigenvalue weighted by molar-refractivity contribution is 5.75. The van der Waals surface area contributed by atoms with Crippen LogP contribution in [0.1, 0.15) is 110 Å². The molecule has 1 amide bonds. The van der Waals surface area contributed by atoms with Gasteiger partial charge < -0.3 is 10.7 Å². The zero-order valence-corrected chi connectivity index (χ0v) is 17.2. The van der Waals surface area contributed by atoms with E-state index in [0.29, 0.717) is 6.42 Å². The van der Waals surface area contributed by atoms with Crippen LogP contribution in [0.4, 0.5) is 0 Å². The van der Waals surface area contributed by atoms with Crippen molar-refractivity contribution in [3.8, 4) is 0 Å². The van der Waals surface area contributed by atoms with Gasteiger partial charge in [-0.3, -0.25) is 9.79 Å². The largest absolute Gasteiger partial charge is 0.356 e. The lowest BCUT2D eigenvalue weighted by Gasteiger charge is -2.05. The van der Waals surface area contributed by atoms with Crippen molar-refractivity contribution in [1.82, 2.24) is 10.7 Å². The van der Waals surface area contributed by atoms with E-state index in [1.165, 1.54) is 83.4 Å². The molecule has 0 rings (SSSR count). The van der Waals surface area contributed by atoms with Gasteiger partial charge in [-0.15, -0.1) is 0 Å². The van der Waals surface area contributed by atoms with Gasteiger partial charge in [-0.2, -0.15) is 0 Å². The van der Waals surface area contributed by atoms with E-state index in [1.807, 2.05) is 0 Å². The van der Waals surface area contributed by atoms with Gasteiger partial charge in [0.05, 0.1) is 6.34 Å². The van der Waals surface area contributed by atoms with Crippen molar-refractivity contribution in [1.29, 1.82) is 0 Å². The molecule has 4 N–H and O–H groups in total. The van der Waals surface area contributed by atoms with Gasteiger partial charge in [-0.05, 0) is 19.3 Å². The quantitative estimate of drug-likeness (QED) is 0.0944. The van der Waals surface area contributed by atoms with Crippen molar-refractivity contribution in [3.05, 3.63) is 0 Å². The molecule has 0 fully saturated rings. The summed E-state index contributed by atoms with van der Waals surface area (Å²) in [4.78, 5) is 15.8. The second-order valence-corrected chi connectivity index (χ2v) is 7.25. The summed E-state index contributed by atoms with van der Waals surface area (Å²) in [5.41, 5.74) is 2.37. The maximum atomic E-state index is 11.7. The first-order valence-electron chi connectivity index (χ1n) is 11.0. The highest BCUT2D eigenvalue weighted by Gasteiger charge is 2.00. The molecule has 0 aliphatic rings. The molecule has 0 heterocycles. The van der Waals surface area contributed by atoms with Crippen LogP contribution in [0.25, 0.3) is 0 Å². The molecule has 5 heteroatoms. The van der Waals surface area contributed by atoms with Crippen LogP contribution in [0.2, 0.25) is 0 Å². The summed E-state index contributed by atoms with van der Waals surface area (Å²) >= 11 is 0. The number of amides is 1. The van der Waals surface area contributed by atoms with E-state index >= 15 is 0 Å². The Morgan fingerprint density at radius 1 is 0.808 bits per heavy atom. The van der Waals surface area contributed by atoms with Crippen molar-refractivity contribution in [2.75, 3.05) is 13.1 Å². The standard InChI is InChI=1S/C21H44N4O/c1-2-3-4-5-6-7-8-9-10-11-12-13-14-17-21(26)24-19-16-15-18-23-20-25-22/h20H,2-19,22H2,1H3,(H,23,25)(H,24,26). The first-order valence-corrected chi connectivity index (χ1v) is 11.0. The number of rotatable bonds is 20. The summed E-state index contributed by atoms with van der Waals surface area (Å²) < 4.78 is 0. The minimum atomic E-state index is 0.195. The normalized spacial score (nSPS) is 11.2. The number of nitrogens with two attached hydrogens (primary N) is 1. The lowest BCUT2D eigenvalue weighted by Crippen LogP contribution is -2.24. The number of hydrogen-bond acceptors (Lipinski definition) is 3. The van der Waals surface area contributed by atoms with Crippen LogP contribution in [0, 0.1) is 0 Å². The molecule has 0 unspecified atom stereocenters. The fourth-order valence-electron chi connectivity index (χ4n) is 3.06. The van der Waals surface area contributed by atoms with Gasteiger partial charge in [0.1, 0.15) is 0 Å². The van der Waals surface area contributed by atoms with Crippen LogP contribution in [0.15, 0.2) is 4.99 Å². The lowest BCUT2D eigenvalue weighted by atomic mass is 10.0. The molecule has 5 nitrogen and oxygen atoms in total. The number of carbonyl (C=O) groups excluding carboxylic acids is 1. The number of nitrogens with zero attached hydrogens (tertiary/aromatic N) is 1. The highest BCUT2D eigenvalue weighted by Crippen LogP contribution is 2.12. The van der Waals surface area contributed by atoms with Gasteiger partial charge in [-0.1, -0.05) is 84.0 Å². The molecule has 0 aromatic heterocycles. The number of hydrazine groups is 1. The SMILES string of the molecule is CCCCCCCCCCCCCCCC(=O)NCCCCN=CNN. The van der Waals surface area contributed by atoms with Crippen LogP contribution >= 0.6 is 0 Å². The number of aliphatic imine (C=N–C) groups is 1. The molecule has 0 spiro atoms. The Hall–Kier alpha value is -1.10. The van der Waals surface area contributed by atoms with E-state index in [1.54, 1.807) is 0 Å². The van der Waals surface area contributed by atoms with Crippen LogP contribution in [0.3, 0.4) is 0 Å². The topological polar surface area (TPSA) is 79.5 Å². The van der Waals surface area contributed by atoms with Gasteiger partial charge in [0.2, 0.25) is 5.91 Å². The molecule has 0 aromatic rings. The Bertz CT molecular complexity index is 321. The Labute approximate surface area is 162 Å².